The molecule has 2 atom stereocenters. The van der Waals surface area contributed by atoms with E-state index >= 15 is 0 Å². The third-order valence-corrected chi connectivity index (χ3v) is 6.18. The molecule has 0 saturated carbocycles. The Morgan fingerprint density at radius 1 is 1.14 bits per heavy atom. The lowest BCUT2D eigenvalue weighted by Crippen LogP contribution is -2.38. The second kappa shape index (κ2) is 8.84. The summed E-state index contributed by atoms with van der Waals surface area (Å²) in [7, 11) is 0. The van der Waals surface area contributed by atoms with Crippen molar-refractivity contribution in [2.75, 3.05) is 13.1 Å². The zero-order valence-corrected chi connectivity index (χ0v) is 17.6. The number of likely N-dealkylation sites (tertiary alicyclic amines) is 1. The third-order valence-electron chi connectivity index (χ3n) is 5.27. The predicted octanol–water partition coefficient (Wildman–Crippen LogP) is 3.13. The number of thiophene rings is 1. The SMILES string of the molecule is CC1CC(C)CN(Cc2ccc(CNC(=O)c3sccc3-n3cnnn3)cc2)C1. The first-order valence-corrected chi connectivity index (χ1v) is 10.9. The van der Waals surface area contributed by atoms with Gasteiger partial charge in [-0.2, -0.15) is 4.68 Å². The molecule has 2 unspecified atom stereocenters. The van der Waals surface area contributed by atoms with Gasteiger partial charge in [-0.25, -0.2) is 0 Å². The highest BCUT2D eigenvalue weighted by Gasteiger charge is 2.21. The Hall–Kier alpha value is -2.58. The molecule has 1 amide bonds. The Labute approximate surface area is 174 Å². The lowest BCUT2D eigenvalue weighted by atomic mass is 9.91. The van der Waals surface area contributed by atoms with Gasteiger partial charge in [0.1, 0.15) is 11.2 Å². The van der Waals surface area contributed by atoms with Crippen molar-refractivity contribution in [3.63, 3.8) is 0 Å². The van der Waals surface area contributed by atoms with Crippen molar-refractivity contribution in [3.8, 4) is 5.69 Å². The van der Waals surface area contributed by atoms with E-state index in [9.17, 15) is 4.79 Å². The molecule has 3 heterocycles. The molecule has 0 aliphatic carbocycles. The number of tetrazole rings is 1. The molecule has 1 N–H and O–H groups in total. The number of amides is 1. The Morgan fingerprint density at radius 2 is 1.86 bits per heavy atom. The number of carbonyl (C=O) groups excluding carboxylic acids is 1. The number of hydrogen-bond donors (Lipinski definition) is 1. The van der Waals surface area contributed by atoms with Crippen molar-refractivity contribution in [2.45, 2.75) is 33.4 Å². The fourth-order valence-electron chi connectivity index (χ4n) is 4.13. The van der Waals surface area contributed by atoms with Crippen molar-refractivity contribution < 1.29 is 4.79 Å². The molecule has 0 spiro atoms. The minimum Gasteiger partial charge on any atom is -0.347 e. The van der Waals surface area contributed by atoms with Crippen LogP contribution >= 0.6 is 11.3 Å². The van der Waals surface area contributed by atoms with Crippen LogP contribution in [0.5, 0.6) is 0 Å². The van der Waals surface area contributed by atoms with Gasteiger partial charge in [0.25, 0.3) is 5.91 Å². The molecule has 3 aromatic rings. The van der Waals surface area contributed by atoms with Crippen LogP contribution < -0.4 is 5.32 Å². The maximum absolute atomic E-state index is 12.6. The molecular formula is C21H26N6OS. The maximum atomic E-state index is 12.6. The van der Waals surface area contributed by atoms with E-state index in [1.165, 1.54) is 47.4 Å². The van der Waals surface area contributed by atoms with Crippen molar-refractivity contribution in [3.05, 3.63) is 58.0 Å². The first-order chi connectivity index (χ1) is 14.1. The molecule has 8 heteroatoms. The van der Waals surface area contributed by atoms with Gasteiger partial charge in [-0.1, -0.05) is 38.1 Å². The normalized spacial score (nSPS) is 19.9. The van der Waals surface area contributed by atoms with Gasteiger partial charge >= 0.3 is 0 Å². The summed E-state index contributed by atoms with van der Waals surface area (Å²) in [5.41, 5.74) is 3.10. The smallest absolute Gasteiger partial charge is 0.263 e. The van der Waals surface area contributed by atoms with Crippen LogP contribution in [0.1, 0.15) is 41.1 Å². The fourth-order valence-corrected chi connectivity index (χ4v) is 4.92. The van der Waals surface area contributed by atoms with Crippen molar-refractivity contribution in [1.82, 2.24) is 30.4 Å². The van der Waals surface area contributed by atoms with Crippen LogP contribution in [0.4, 0.5) is 0 Å². The number of piperidine rings is 1. The van der Waals surface area contributed by atoms with Crippen LogP contribution in [-0.4, -0.2) is 44.1 Å². The van der Waals surface area contributed by atoms with Gasteiger partial charge in [0, 0.05) is 26.2 Å². The lowest BCUT2D eigenvalue weighted by Gasteiger charge is -2.35. The molecule has 1 fully saturated rings. The molecule has 4 rings (SSSR count). The molecule has 152 valence electrons. The Balaban J connectivity index is 1.33. The van der Waals surface area contributed by atoms with E-state index in [1.807, 2.05) is 11.4 Å². The average Bonchev–Trinajstić information content (AvgIpc) is 3.38. The van der Waals surface area contributed by atoms with Crippen LogP contribution in [0.25, 0.3) is 5.69 Å². The number of rotatable bonds is 6. The quantitative estimate of drug-likeness (QED) is 0.676. The molecular weight excluding hydrogens is 384 g/mol. The van der Waals surface area contributed by atoms with Gasteiger partial charge in [-0.05, 0) is 51.3 Å². The van der Waals surface area contributed by atoms with Crippen molar-refractivity contribution >= 4 is 17.2 Å². The molecule has 0 bridgehead atoms. The molecule has 2 aromatic heterocycles. The molecule has 1 aliphatic rings. The van der Waals surface area contributed by atoms with E-state index in [2.05, 4.69) is 63.9 Å². The van der Waals surface area contributed by atoms with E-state index in [0.717, 1.165) is 23.9 Å². The largest absolute Gasteiger partial charge is 0.347 e. The summed E-state index contributed by atoms with van der Waals surface area (Å²) in [5.74, 6) is 1.42. The minimum atomic E-state index is -0.120. The highest BCUT2D eigenvalue weighted by molar-refractivity contribution is 7.12. The summed E-state index contributed by atoms with van der Waals surface area (Å²) in [6.45, 7) is 8.51. The van der Waals surface area contributed by atoms with Crippen LogP contribution in [0, 0.1) is 11.8 Å². The predicted molar refractivity (Wildman–Crippen MR) is 113 cm³/mol. The van der Waals surface area contributed by atoms with E-state index < -0.39 is 0 Å². The molecule has 1 aliphatic heterocycles. The van der Waals surface area contributed by atoms with Crippen LogP contribution in [0.2, 0.25) is 0 Å². The topological polar surface area (TPSA) is 75.9 Å². The second-order valence-corrected chi connectivity index (χ2v) is 8.94. The van der Waals surface area contributed by atoms with E-state index in [0.29, 0.717) is 17.1 Å². The van der Waals surface area contributed by atoms with Gasteiger partial charge in [-0.3, -0.25) is 9.69 Å². The number of hydrogen-bond acceptors (Lipinski definition) is 6. The van der Waals surface area contributed by atoms with Crippen LogP contribution in [0.15, 0.2) is 42.0 Å². The summed E-state index contributed by atoms with van der Waals surface area (Å²) in [5, 5.41) is 16.0. The van der Waals surface area contributed by atoms with Gasteiger partial charge in [0.05, 0.1) is 5.69 Å². The Kier molecular flexibility index (Phi) is 6.01. The van der Waals surface area contributed by atoms with Gasteiger partial charge in [0.2, 0.25) is 0 Å². The second-order valence-electron chi connectivity index (χ2n) is 8.03. The summed E-state index contributed by atoms with van der Waals surface area (Å²) in [4.78, 5) is 15.7. The third kappa shape index (κ3) is 4.89. The molecule has 29 heavy (non-hydrogen) atoms. The van der Waals surface area contributed by atoms with E-state index in [4.69, 9.17) is 0 Å². The summed E-state index contributed by atoms with van der Waals surface area (Å²) in [6.07, 6.45) is 2.82. The first kappa shape index (κ1) is 19.7. The zero-order chi connectivity index (χ0) is 20.2. The fraction of sp³-hybridized carbons (Fsp3) is 0.429. The number of aromatic nitrogens is 4. The highest BCUT2D eigenvalue weighted by Crippen LogP contribution is 2.23. The molecule has 7 nitrogen and oxygen atoms in total. The summed E-state index contributed by atoms with van der Waals surface area (Å²) < 4.78 is 1.50. The first-order valence-electron chi connectivity index (χ1n) is 9.97. The number of carbonyl (C=O) groups is 1. The Morgan fingerprint density at radius 3 is 2.55 bits per heavy atom. The molecule has 1 saturated heterocycles. The lowest BCUT2D eigenvalue weighted by molar-refractivity contribution is 0.0955. The summed E-state index contributed by atoms with van der Waals surface area (Å²) >= 11 is 1.38. The van der Waals surface area contributed by atoms with Crippen LogP contribution in [0.3, 0.4) is 0 Å². The van der Waals surface area contributed by atoms with Crippen LogP contribution in [-0.2, 0) is 13.1 Å². The number of nitrogens with zero attached hydrogens (tertiary/aromatic N) is 5. The van der Waals surface area contributed by atoms with E-state index in [-0.39, 0.29) is 5.91 Å². The Bertz CT molecular complexity index is 927. The highest BCUT2D eigenvalue weighted by atomic mass is 32.1. The average molecular weight is 411 g/mol. The molecule has 0 radical (unpaired) electrons. The van der Waals surface area contributed by atoms with Crippen molar-refractivity contribution in [1.29, 1.82) is 0 Å². The maximum Gasteiger partial charge on any atom is 0.263 e. The molecule has 1 aromatic carbocycles. The monoisotopic (exact) mass is 410 g/mol. The van der Waals surface area contributed by atoms with Gasteiger partial charge in [0.15, 0.2) is 0 Å². The number of nitrogens with one attached hydrogen (secondary N) is 1. The van der Waals surface area contributed by atoms with Gasteiger partial charge in [-0.15, -0.1) is 16.4 Å². The van der Waals surface area contributed by atoms with Gasteiger partial charge < -0.3 is 5.32 Å². The number of benzene rings is 1. The summed E-state index contributed by atoms with van der Waals surface area (Å²) in [6, 6.07) is 10.4. The van der Waals surface area contributed by atoms with Crippen molar-refractivity contribution in [2.24, 2.45) is 11.8 Å². The minimum absolute atomic E-state index is 0.120. The zero-order valence-electron chi connectivity index (χ0n) is 16.8. The standard InChI is InChI=1S/C21H26N6OS/c1-15-9-16(2)12-26(11-15)13-18-5-3-17(4-6-18)10-22-21(28)20-19(7-8-29-20)27-14-23-24-25-27/h3-8,14-16H,9-13H2,1-2H3,(H,22,28). The van der Waals surface area contributed by atoms with E-state index in [1.54, 1.807) is 0 Å².